The molecule has 3 nitrogen and oxygen atoms in total. The van der Waals surface area contributed by atoms with Crippen LogP contribution in [0.5, 0.6) is 0 Å². The zero-order chi connectivity index (χ0) is 18.2. The van der Waals surface area contributed by atoms with Gasteiger partial charge in [0.25, 0.3) is 0 Å². The molecular weight excluding hydrogens is 328 g/mol. The van der Waals surface area contributed by atoms with Crippen molar-refractivity contribution >= 4 is 11.8 Å². The van der Waals surface area contributed by atoms with E-state index in [1.165, 1.54) is 30.6 Å². The van der Waals surface area contributed by atoms with Gasteiger partial charge in [-0.3, -0.25) is 0 Å². The van der Waals surface area contributed by atoms with E-state index in [1.54, 1.807) is 7.11 Å². The summed E-state index contributed by atoms with van der Waals surface area (Å²) < 4.78 is 5.24. The molecule has 5 atom stereocenters. The second-order valence-corrected chi connectivity index (χ2v) is 9.29. The molecule has 0 radical (unpaired) electrons. The lowest BCUT2D eigenvalue weighted by molar-refractivity contribution is 0.116. The molecule has 0 aromatic carbocycles. The molecule has 1 aliphatic heterocycles. The van der Waals surface area contributed by atoms with Gasteiger partial charge in [0, 0.05) is 24.4 Å². The topological polar surface area (TPSA) is 24.5 Å². The van der Waals surface area contributed by atoms with Gasteiger partial charge in [0.2, 0.25) is 0 Å². The average molecular weight is 367 g/mol. The summed E-state index contributed by atoms with van der Waals surface area (Å²) in [5.74, 6) is 2.69. The number of methoxy groups -OCH3 is 1. The normalized spacial score (nSPS) is 31.2. The molecular formula is C21H38N2OS. The highest BCUT2D eigenvalue weighted by Gasteiger charge is 2.24. The number of nitrogens with one attached hydrogen (secondary N) is 1. The fourth-order valence-corrected chi connectivity index (χ4v) is 4.82. The van der Waals surface area contributed by atoms with E-state index in [0.29, 0.717) is 23.3 Å². The van der Waals surface area contributed by atoms with Gasteiger partial charge < -0.3 is 15.0 Å². The van der Waals surface area contributed by atoms with Gasteiger partial charge in [0.1, 0.15) is 0 Å². The molecule has 4 heteroatoms. The molecule has 1 fully saturated rings. The third kappa shape index (κ3) is 6.74. The Balaban J connectivity index is 1.68. The summed E-state index contributed by atoms with van der Waals surface area (Å²) in [5.41, 5.74) is 1.52. The molecule has 0 bridgehead atoms. The number of nitrogens with zero attached hydrogens (tertiary/aromatic N) is 1. The smallest absolute Gasteiger partial charge is 0.0615 e. The summed E-state index contributed by atoms with van der Waals surface area (Å²) in [6.45, 7) is 10.1. The monoisotopic (exact) mass is 366 g/mol. The summed E-state index contributed by atoms with van der Waals surface area (Å²) in [7, 11) is 3.98. The molecule has 1 saturated heterocycles. The zero-order valence-corrected chi connectivity index (χ0v) is 17.6. The molecule has 0 saturated carbocycles. The Kier molecular flexibility index (Phi) is 9.05. The predicted octanol–water partition coefficient (Wildman–Crippen LogP) is 3.97. The van der Waals surface area contributed by atoms with Gasteiger partial charge in [0.05, 0.1) is 6.61 Å². The maximum absolute atomic E-state index is 5.24. The Bertz CT molecular complexity index is 443. The number of piperidine rings is 1. The lowest BCUT2D eigenvalue weighted by Crippen LogP contribution is -2.39. The third-order valence-corrected chi connectivity index (χ3v) is 7.14. The van der Waals surface area contributed by atoms with E-state index in [1.807, 2.05) is 0 Å². The molecule has 0 aromatic rings. The lowest BCUT2D eigenvalue weighted by atomic mass is 9.87. The molecule has 0 spiro atoms. The van der Waals surface area contributed by atoms with E-state index in [0.717, 1.165) is 25.6 Å². The third-order valence-electron chi connectivity index (χ3n) is 5.64. The minimum Gasteiger partial charge on any atom is -0.383 e. The summed E-state index contributed by atoms with van der Waals surface area (Å²) >= 11 is 2.11. The van der Waals surface area contributed by atoms with Gasteiger partial charge >= 0.3 is 0 Å². The van der Waals surface area contributed by atoms with Crippen molar-refractivity contribution in [2.45, 2.75) is 57.4 Å². The number of thioether (sulfide) groups is 1. The van der Waals surface area contributed by atoms with Crippen LogP contribution in [0, 0.1) is 11.8 Å². The maximum Gasteiger partial charge on any atom is 0.0615 e. The van der Waals surface area contributed by atoms with Crippen LogP contribution in [0.2, 0.25) is 0 Å². The Labute approximate surface area is 159 Å². The predicted molar refractivity (Wildman–Crippen MR) is 111 cm³/mol. The van der Waals surface area contributed by atoms with Crippen LogP contribution < -0.4 is 5.32 Å². The van der Waals surface area contributed by atoms with E-state index < -0.39 is 0 Å². The van der Waals surface area contributed by atoms with Gasteiger partial charge in [-0.1, -0.05) is 32.1 Å². The molecule has 25 heavy (non-hydrogen) atoms. The van der Waals surface area contributed by atoms with E-state index in [4.69, 9.17) is 4.74 Å². The van der Waals surface area contributed by atoms with Crippen LogP contribution in [-0.4, -0.2) is 61.8 Å². The van der Waals surface area contributed by atoms with Crippen LogP contribution in [0.15, 0.2) is 23.8 Å². The number of likely N-dealkylation sites (N-methyl/N-ethyl adjacent to an activating group) is 1. The SMILES string of the molecule is COCC(C)N(C)CCCSC1C=CC(C2CC[C@H](C)CN2)=CC1C. The molecule has 2 rings (SSSR count). The Morgan fingerprint density at radius 3 is 2.80 bits per heavy atom. The first-order chi connectivity index (χ1) is 12.0. The fourth-order valence-electron chi connectivity index (χ4n) is 3.68. The zero-order valence-electron chi connectivity index (χ0n) is 16.8. The quantitative estimate of drug-likeness (QED) is 0.624. The first-order valence-corrected chi connectivity index (χ1v) is 11.0. The van der Waals surface area contributed by atoms with E-state index in [9.17, 15) is 0 Å². The van der Waals surface area contributed by atoms with E-state index in [2.05, 4.69) is 68.0 Å². The van der Waals surface area contributed by atoms with Crippen LogP contribution in [0.25, 0.3) is 0 Å². The Morgan fingerprint density at radius 1 is 1.36 bits per heavy atom. The maximum atomic E-state index is 5.24. The van der Waals surface area contributed by atoms with Crippen molar-refractivity contribution in [2.75, 3.05) is 39.6 Å². The molecule has 1 N–H and O–H groups in total. The number of hydrogen-bond donors (Lipinski definition) is 1. The van der Waals surface area contributed by atoms with Crippen LogP contribution in [0.3, 0.4) is 0 Å². The highest BCUT2D eigenvalue weighted by molar-refractivity contribution is 8.00. The summed E-state index contributed by atoms with van der Waals surface area (Å²) in [6.07, 6.45) is 11.2. The molecule has 0 aromatic heterocycles. The number of rotatable bonds is 9. The fraction of sp³-hybridized carbons (Fsp3) is 0.810. The highest BCUT2D eigenvalue weighted by atomic mass is 32.2. The summed E-state index contributed by atoms with van der Waals surface area (Å²) in [5, 5.41) is 4.35. The van der Waals surface area contributed by atoms with E-state index >= 15 is 0 Å². The lowest BCUT2D eigenvalue weighted by Gasteiger charge is -2.32. The van der Waals surface area contributed by atoms with Gasteiger partial charge in [-0.2, -0.15) is 11.8 Å². The molecule has 144 valence electrons. The summed E-state index contributed by atoms with van der Waals surface area (Å²) in [4.78, 5) is 2.40. The van der Waals surface area contributed by atoms with Crippen LogP contribution >= 0.6 is 11.8 Å². The van der Waals surface area contributed by atoms with Crippen molar-refractivity contribution in [3.8, 4) is 0 Å². The molecule has 0 amide bonds. The Hall–Kier alpha value is -0.290. The van der Waals surface area contributed by atoms with Gasteiger partial charge in [0.15, 0.2) is 0 Å². The van der Waals surface area contributed by atoms with Crippen LogP contribution in [-0.2, 0) is 4.74 Å². The van der Waals surface area contributed by atoms with Gasteiger partial charge in [-0.05, 0) is 69.5 Å². The number of ether oxygens (including phenoxy) is 1. The van der Waals surface area contributed by atoms with Crippen molar-refractivity contribution in [2.24, 2.45) is 11.8 Å². The van der Waals surface area contributed by atoms with Crippen LogP contribution in [0.1, 0.15) is 40.0 Å². The van der Waals surface area contributed by atoms with Crippen molar-refractivity contribution in [3.63, 3.8) is 0 Å². The van der Waals surface area contributed by atoms with Crippen molar-refractivity contribution in [1.29, 1.82) is 0 Å². The largest absolute Gasteiger partial charge is 0.383 e. The standard InChI is InChI=1S/C21H38N2OS/c1-16-7-9-20(22-14-16)19-8-10-21(17(2)13-19)25-12-6-11-23(4)18(3)15-24-5/h8,10,13,16-18,20-22H,6-7,9,11-12,14-15H2,1-5H3/t16-,17?,18?,20?,21?/m0/s1. The first kappa shape index (κ1) is 21.0. The second-order valence-electron chi connectivity index (χ2n) is 8.00. The molecule has 1 heterocycles. The minimum atomic E-state index is 0.500. The molecule has 1 aliphatic carbocycles. The summed E-state index contributed by atoms with van der Waals surface area (Å²) in [6, 6.07) is 1.08. The van der Waals surface area contributed by atoms with Crippen LogP contribution in [0.4, 0.5) is 0 Å². The molecule has 4 unspecified atom stereocenters. The van der Waals surface area contributed by atoms with Crippen molar-refractivity contribution in [3.05, 3.63) is 23.8 Å². The number of hydrogen-bond acceptors (Lipinski definition) is 4. The average Bonchev–Trinajstić information content (AvgIpc) is 2.60. The minimum absolute atomic E-state index is 0.500. The van der Waals surface area contributed by atoms with Crippen molar-refractivity contribution in [1.82, 2.24) is 10.2 Å². The van der Waals surface area contributed by atoms with Gasteiger partial charge in [-0.25, -0.2) is 0 Å². The van der Waals surface area contributed by atoms with Gasteiger partial charge in [-0.15, -0.1) is 0 Å². The Morgan fingerprint density at radius 2 is 2.16 bits per heavy atom. The number of allylic oxidation sites excluding steroid dienone is 1. The van der Waals surface area contributed by atoms with E-state index in [-0.39, 0.29) is 0 Å². The second kappa shape index (κ2) is 10.8. The molecule has 2 aliphatic rings. The van der Waals surface area contributed by atoms with Crippen molar-refractivity contribution < 1.29 is 4.74 Å². The highest BCUT2D eigenvalue weighted by Crippen LogP contribution is 2.31. The first-order valence-electron chi connectivity index (χ1n) is 9.95.